The standard InChI is InChI=1S/C13H23NO4/c1-5-6-7-8-9-10(11(15)16)14-12(17)18-13(2,3)4/h5-6,10H,7-9H2,1-4H3,(H,14,17)(H,15,16)/t10-/m1/s1. The molecule has 0 saturated carbocycles. The van der Waals surface area contributed by atoms with Gasteiger partial charge in [0.05, 0.1) is 0 Å². The number of carbonyl (C=O) groups excluding carboxylic acids is 1. The Bertz CT molecular complexity index is 305. The van der Waals surface area contributed by atoms with E-state index in [0.717, 1.165) is 6.42 Å². The Morgan fingerprint density at radius 3 is 2.44 bits per heavy atom. The van der Waals surface area contributed by atoms with Gasteiger partial charge in [0.2, 0.25) is 0 Å². The van der Waals surface area contributed by atoms with E-state index in [4.69, 9.17) is 9.84 Å². The Hall–Kier alpha value is -1.52. The molecule has 0 aromatic heterocycles. The van der Waals surface area contributed by atoms with Gasteiger partial charge in [0.1, 0.15) is 11.6 Å². The number of amides is 1. The quantitative estimate of drug-likeness (QED) is 0.566. The van der Waals surface area contributed by atoms with Gasteiger partial charge in [-0.3, -0.25) is 0 Å². The maximum Gasteiger partial charge on any atom is 0.408 e. The summed E-state index contributed by atoms with van der Waals surface area (Å²) in [5.74, 6) is -1.04. The van der Waals surface area contributed by atoms with Gasteiger partial charge in [-0.2, -0.15) is 0 Å². The Balaban J connectivity index is 4.19. The summed E-state index contributed by atoms with van der Waals surface area (Å²) in [6.07, 6.45) is 5.08. The topological polar surface area (TPSA) is 75.6 Å². The van der Waals surface area contributed by atoms with Crippen molar-refractivity contribution in [2.45, 2.75) is 58.6 Å². The number of aliphatic carboxylic acids is 1. The molecule has 0 bridgehead atoms. The van der Waals surface area contributed by atoms with Gasteiger partial charge in [-0.15, -0.1) is 0 Å². The normalized spacial score (nSPS) is 13.3. The Morgan fingerprint density at radius 1 is 1.39 bits per heavy atom. The lowest BCUT2D eigenvalue weighted by atomic mass is 10.1. The van der Waals surface area contributed by atoms with Gasteiger partial charge in [0.15, 0.2) is 0 Å². The van der Waals surface area contributed by atoms with Crippen molar-refractivity contribution >= 4 is 12.1 Å². The van der Waals surface area contributed by atoms with Crippen LogP contribution >= 0.6 is 0 Å². The molecular weight excluding hydrogens is 234 g/mol. The van der Waals surface area contributed by atoms with Gasteiger partial charge in [-0.05, 0) is 47.0 Å². The second kappa shape index (κ2) is 7.74. The van der Waals surface area contributed by atoms with Crippen LogP contribution in [-0.4, -0.2) is 28.8 Å². The zero-order chi connectivity index (χ0) is 14.2. The van der Waals surface area contributed by atoms with Crippen LogP contribution in [0.5, 0.6) is 0 Å². The second-order valence-electron chi connectivity index (χ2n) is 5.04. The number of hydrogen-bond donors (Lipinski definition) is 2. The molecule has 0 aliphatic heterocycles. The third kappa shape index (κ3) is 8.61. The van der Waals surface area contributed by atoms with Crippen LogP contribution < -0.4 is 5.32 Å². The summed E-state index contributed by atoms with van der Waals surface area (Å²) >= 11 is 0. The molecule has 0 fully saturated rings. The molecule has 104 valence electrons. The first-order valence-electron chi connectivity index (χ1n) is 6.09. The SMILES string of the molecule is CC=CCCC[C@@H](NC(=O)OC(C)(C)C)C(=O)O. The number of nitrogens with one attached hydrogen (secondary N) is 1. The van der Waals surface area contributed by atoms with Crippen molar-refractivity contribution in [2.75, 3.05) is 0 Å². The second-order valence-corrected chi connectivity index (χ2v) is 5.04. The molecule has 0 aromatic rings. The van der Waals surface area contributed by atoms with Crippen molar-refractivity contribution in [3.8, 4) is 0 Å². The van der Waals surface area contributed by atoms with Crippen LogP contribution in [0.25, 0.3) is 0 Å². The minimum atomic E-state index is -1.04. The molecule has 0 radical (unpaired) electrons. The number of alkyl carbamates (subject to hydrolysis) is 1. The molecule has 0 aliphatic rings. The van der Waals surface area contributed by atoms with Gasteiger partial charge in [0.25, 0.3) is 0 Å². The van der Waals surface area contributed by atoms with Crippen molar-refractivity contribution in [3.05, 3.63) is 12.2 Å². The summed E-state index contributed by atoms with van der Waals surface area (Å²) in [6, 6.07) is -0.898. The number of allylic oxidation sites excluding steroid dienone is 2. The van der Waals surface area contributed by atoms with E-state index in [-0.39, 0.29) is 0 Å². The summed E-state index contributed by atoms with van der Waals surface area (Å²) < 4.78 is 5.02. The fourth-order valence-corrected chi connectivity index (χ4v) is 1.31. The molecule has 1 atom stereocenters. The largest absolute Gasteiger partial charge is 0.480 e. The molecule has 0 unspecified atom stereocenters. The summed E-state index contributed by atoms with van der Waals surface area (Å²) in [7, 11) is 0. The predicted molar refractivity (Wildman–Crippen MR) is 69.5 cm³/mol. The number of carboxylic acids is 1. The molecule has 5 heteroatoms. The van der Waals surface area contributed by atoms with Crippen LogP contribution in [0.2, 0.25) is 0 Å². The van der Waals surface area contributed by atoms with E-state index in [1.807, 2.05) is 19.1 Å². The van der Waals surface area contributed by atoms with Gasteiger partial charge in [0, 0.05) is 0 Å². The molecule has 0 saturated heterocycles. The van der Waals surface area contributed by atoms with E-state index in [2.05, 4.69) is 5.32 Å². The average Bonchev–Trinajstić information content (AvgIpc) is 2.19. The zero-order valence-electron chi connectivity index (χ0n) is 11.5. The summed E-state index contributed by atoms with van der Waals surface area (Å²) in [5, 5.41) is 11.4. The highest BCUT2D eigenvalue weighted by atomic mass is 16.6. The molecule has 18 heavy (non-hydrogen) atoms. The summed E-state index contributed by atoms with van der Waals surface area (Å²) in [4.78, 5) is 22.4. The van der Waals surface area contributed by atoms with E-state index in [1.165, 1.54) is 0 Å². The van der Waals surface area contributed by atoms with Crippen LogP contribution in [0.3, 0.4) is 0 Å². The smallest absolute Gasteiger partial charge is 0.408 e. The lowest BCUT2D eigenvalue weighted by molar-refractivity contribution is -0.139. The third-order valence-corrected chi connectivity index (χ3v) is 2.09. The van der Waals surface area contributed by atoms with E-state index in [0.29, 0.717) is 12.8 Å². The molecule has 5 nitrogen and oxygen atoms in total. The fraction of sp³-hybridized carbons (Fsp3) is 0.692. The van der Waals surface area contributed by atoms with Gasteiger partial charge >= 0.3 is 12.1 Å². The zero-order valence-corrected chi connectivity index (χ0v) is 11.5. The Kier molecular flexibility index (Phi) is 7.08. The summed E-state index contributed by atoms with van der Waals surface area (Å²) in [5.41, 5.74) is -0.627. The lowest BCUT2D eigenvalue weighted by Gasteiger charge is -2.21. The van der Waals surface area contributed by atoms with Crippen molar-refractivity contribution in [1.82, 2.24) is 5.32 Å². The van der Waals surface area contributed by atoms with Gasteiger partial charge in [-0.1, -0.05) is 12.2 Å². The molecule has 0 heterocycles. The molecule has 2 N–H and O–H groups in total. The molecule has 0 rings (SSSR count). The summed E-state index contributed by atoms with van der Waals surface area (Å²) in [6.45, 7) is 7.10. The molecule has 0 aliphatic carbocycles. The first-order valence-corrected chi connectivity index (χ1v) is 6.09. The first-order chi connectivity index (χ1) is 8.26. The van der Waals surface area contributed by atoms with Crippen molar-refractivity contribution in [3.63, 3.8) is 0 Å². The van der Waals surface area contributed by atoms with E-state index >= 15 is 0 Å². The monoisotopic (exact) mass is 257 g/mol. The number of ether oxygens (including phenoxy) is 1. The molecule has 0 spiro atoms. The van der Waals surface area contributed by atoms with Crippen molar-refractivity contribution < 1.29 is 19.4 Å². The first kappa shape index (κ1) is 16.5. The van der Waals surface area contributed by atoms with Gasteiger partial charge < -0.3 is 15.2 Å². The highest BCUT2D eigenvalue weighted by molar-refractivity contribution is 5.79. The number of unbranched alkanes of at least 4 members (excludes halogenated alkanes) is 1. The maximum atomic E-state index is 11.5. The average molecular weight is 257 g/mol. The molecular formula is C13H23NO4. The van der Waals surface area contributed by atoms with Crippen LogP contribution in [0.1, 0.15) is 47.0 Å². The highest BCUT2D eigenvalue weighted by Crippen LogP contribution is 2.08. The van der Waals surface area contributed by atoms with E-state index < -0.39 is 23.7 Å². The van der Waals surface area contributed by atoms with Crippen molar-refractivity contribution in [2.24, 2.45) is 0 Å². The highest BCUT2D eigenvalue weighted by Gasteiger charge is 2.23. The fourth-order valence-electron chi connectivity index (χ4n) is 1.31. The minimum Gasteiger partial charge on any atom is -0.480 e. The lowest BCUT2D eigenvalue weighted by Crippen LogP contribution is -2.43. The Labute approximate surface area is 108 Å². The van der Waals surface area contributed by atoms with Crippen LogP contribution in [0.4, 0.5) is 4.79 Å². The minimum absolute atomic E-state index is 0.388. The van der Waals surface area contributed by atoms with E-state index in [1.54, 1.807) is 20.8 Å². The van der Waals surface area contributed by atoms with Crippen molar-refractivity contribution in [1.29, 1.82) is 0 Å². The van der Waals surface area contributed by atoms with Crippen LogP contribution in [0, 0.1) is 0 Å². The number of carboxylic acid groups (broad SMARTS) is 1. The van der Waals surface area contributed by atoms with Crippen LogP contribution in [0.15, 0.2) is 12.2 Å². The van der Waals surface area contributed by atoms with E-state index in [9.17, 15) is 9.59 Å². The number of carbonyl (C=O) groups is 2. The van der Waals surface area contributed by atoms with Gasteiger partial charge in [-0.25, -0.2) is 9.59 Å². The molecule has 1 amide bonds. The number of rotatable bonds is 6. The predicted octanol–water partition coefficient (Wildman–Crippen LogP) is 2.71. The Morgan fingerprint density at radius 2 is 2.00 bits per heavy atom. The number of hydrogen-bond acceptors (Lipinski definition) is 3. The molecule has 0 aromatic carbocycles. The van der Waals surface area contributed by atoms with Crippen LogP contribution in [-0.2, 0) is 9.53 Å². The maximum absolute atomic E-state index is 11.5. The third-order valence-electron chi connectivity index (χ3n) is 2.09.